The first kappa shape index (κ1) is 13.7. The number of rotatable bonds is 4. The molecule has 0 aliphatic rings. The molecule has 0 fully saturated rings. The first-order chi connectivity index (χ1) is 7.41. The molecule has 1 rings (SSSR count). The van der Waals surface area contributed by atoms with Crippen LogP contribution in [0, 0.1) is 0 Å². The average molecular weight is 279 g/mol. The second-order valence-electron chi connectivity index (χ2n) is 3.62. The highest BCUT2D eigenvalue weighted by atomic mass is 35.5. The van der Waals surface area contributed by atoms with Crippen molar-refractivity contribution in [1.82, 2.24) is 0 Å². The third-order valence-electron chi connectivity index (χ3n) is 2.03. The minimum absolute atomic E-state index is 0.000973. The lowest BCUT2D eigenvalue weighted by Gasteiger charge is -2.06. The van der Waals surface area contributed by atoms with E-state index in [-0.39, 0.29) is 16.8 Å². The summed E-state index contributed by atoms with van der Waals surface area (Å²) < 4.78 is 11.5. The normalized spacial score (nSPS) is 12.8. The molecular weight excluding hydrogens is 267 g/mol. The fourth-order valence-electron chi connectivity index (χ4n) is 1.09. The lowest BCUT2D eigenvalue weighted by molar-refractivity contribution is 0.102. The Morgan fingerprint density at radius 1 is 1.38 bits per heavy atom. The molecule has 1 unspecified atom stereocenters. The molecule has 0 radical (unpaired) electrons. The molecule has 88 valence electrons. The van der Waals surface area contributed by atoms with E-state index in [0.717, 1.165) is 0 Å². The number of benzene rings is 1. The first-order valence-corrected chi connectivity index (χ1v) is 6.91. The topological polar surface area (TPSA) is 34.1 Å². The third-order valence-corrected chi connectivity index (χ3v) is 4.18. The molecule has 0 saturated carbocycles. The van der Waals surface area contributed by atoms with Gasteiger partial charge in [0.25, 0.3) is 0 Å². The van der Waals surface area contributed by atoms with Crippen molar-refractivity contribution in [3.63, 3.8) is 0 Å². The van der Waals surface area contributed by atoms with Gasteiger partial charge >= 0.3 is 0 Å². The molecule has 0 heterocycles. The Labute approximate surface area is 107 Å². The van der Waals surface area contributed by atoms with Crippen LogP contribution in [0.15, 0.2) is 18.2 Å². The highest BCUT2D eigenvalue weighted by Crippen LogP contribution is 2.21. The Morgan fingerprint density at radius 3 is 2.50 bits per heavy atom. The molecule has 0 N–H and O–H groups in total. The van der Waals surface area contributed by atoms with Crippen LogP contribution in [0.4, 0.5) is 0 Å². The molecule has 0 saturated heterocycles. The van der Waals surface area contributed by atoms with Crippen molar-refractivity contribution in [3.8, 4) is 0 Å². The number of ketones is 1. The maximum absolute atomic E-state index is 11.8. The van der Waals surface area contributed by atoms with Gasteiger partial charge in [0, 0.05) is 26.6 Å². The molecule has 0 spiro atoms. The van der Waals surface area contributed by atoms with Crippen molar-refractivity contribution in [2.45, 2.75) is 19.1 Å². The van der Waals surface area contributed by atoms with Gasteiger partial charge in [-0.1, -0.05) is 37.0 Å². The highest BCUT2D eigenvalue weighted by molar-refractivity contribution is 7.86. The van der Waals surface area contributed by atoms with Crippen LogP contribution in [0.3, 0.4) is 0 Å². The zero-order valence-corrected chi connectivity index (χ0v) is 11.3. The standard InChI is InChI=1S/C11H12Cl2O2S/c1-7(2)16(15)6-11(14)9-4-3-8(12)5-10(9)13/h3-5,7H,6H2,1-2H3. The predicted octanol–water partition coefficient (Wildman–Crippen LogP) is 3.33. The Kier molecular flexibility index (Phi) is 4.96. The van der Waals surface area contributed by atoms with Gasteiger partial charge in [0.15, 0.2) is 5.78 Å². The van der Waals surface area contributed by atoms with Gasteiger partial charge < -0.3 is 0 Å². The molecular formula is C11H12Cl2O2S. The minimum Gasteiger partial charge on any atom is -0.293 e. The maximum Gasteiger partial charge on any atom is 0.176 e. The number of hydrogen-bond donors (Lipinski definition) is 0. The maximum atomic E-state index is 11.8. The van der Waals surface area contributed by atoms with Gasteiger partial charge in [0.1, 0.15) is 0 Å². The van der Waals surface area contributed by atoms with Crippen LogP contribution in [-0.2, 0) is 10.8 Å². The molecule has 1 aromatic rings. The van der Waals surface area contributed by atoms with E-state index in [1.807, 2.05) is 13.8 Å². The molecule has 0 aromatic heterocycles. The summed E-state index contributed by atoms with van der Waals surface area (Å²) in [4.78, 5) is 11.8. The zero-order chi connectivity index (χ0) is 12.3. The highest BCUT2D eigenvalue weighted by Gasteiger charge is 2.15. The van der Waals surface area contributed by atoms with Gasteiger partial charge in [0.2, 0.25) is 0 Å². The van der Waals surface area contributed by atoms with Crippen LogP contribution in [-0.4, -0.2) is 21.0 Å². The first-order valence-electron chi connectivity index (χ1n) is 4.77. The lowest BCUT2D eigenvalue weighted by Crippen LogP contribution is -2.17. The number of hydrogen-bond acceptors (Lipinski definition) is 2. The van der Waals surface area contributed by atoms with Crippen LogP contribution in [0.2, 0.25) is 10.0 Å². The van der Waals surface area contributed by atoms with Gasteiger partial charge in [-0.05, 0) is 18.2 Å². The molecule has 1 aromatic carbocycles. The molecule has 2 nitrogen and oxygen atoms in total. The fourth-order valence-corrected chi connectivity index (χ4v) is 2.35. The molecule has 0 bridgehead atoms. The Hall–Kier alpha value is -0.380. The van der Waals surface area contributed by atoms with Crippen molar-refractivity contribution >= 4 is 39.8 Å². The van der Waals surface area contributed by atoms with E-state index >= 15 is 0 Å². The monoisotopic (exact) mass is 278 g/mol. The molecule has 0 aliphatic carbocycles. The van der Waals surface area contributed by atoms with E-state index in [1.54, 1.807) is 12.1 Å². The molecule has 0 aliphatic heterocycles. The van der Waals surface area contributed by atoms with Crippen molar-refractivity contribution in [1.29, 1.82) is 0 Å². The summed E-state index contributed by atoms with van der Waals surface area (Å²) in [7, 11) is -1.16. The molecule has 0 amide bonds. The van der Waals surface area contributed by atoms with Gasteiger partial charge in [-0.15, -0.1) is 0 Å². The minimum atomic E-state index is -1.16. The van der Waals surface area contributed by atoms with Crippen molar-refractivity contribution < 1.29 is 9.00 Å². The van der Waals surface area contributed by atoms with Crippen LogP contribution >= 0.6 is 23.2 Å². The summed E-state index contributed by atoms with van der Waals surface area (Å²) in [6, 6.07) is 4.66. The van der Waals surface area contributed by atoms with Crippen LogP contribution < -0.4 is 0 Å². The second kappa shape index (κ2) is 5.80. The molecule has 16 heavy (non-hydrogen) atoms. The fraction of sp³-hybridized carbons (Fsp3) is 0.364. The Balaban J connectivity index is 2.85. The quantitative estimate of drug-likeness (QED) is 0.792. The summed E-state index contributed by atoms with van der Waals surface area (Å²) in [5.74, 6) is -0.215. The van der Waals surface area contributed by atoms with E-state index in [2.05, 4.69) is 0 Å². The summed E-state index contributed by atoms with van der Waals surface area (Å²) in [5.41, 5.74) is 0.375. The van der Waals surface area contributed by atoms with Gasteiger partial charge in [-0.25, -0.2) is 0 Å². The number of Topliss-reactive ketones (excluding diaryl/α,β-unsaturated/α-hetero) is 1. The number of carbonyl (C=O) groups excluding carboxylic acids is 1. The molecule has 5 heteroatoms. The van der Waals surface area contributed by atoms with Crippen LogP contribution in [0.1, 0.15) is 24.2 Å². The number of carbonyl (C=O) groups is 1. The van der Waals surface area contributed by atoms with E-state index < -0.39 is 10.8 Å². The summed E-state index contributed by atoms with van der Waals surface area (Å²) in [6.45, 7) is 3.62. The predicted molar refractivity (Wildman–Crippen MR) is 68.9 cm³/mol. The SMILES string of the molecule is CC(C)S(=O)CC(=O)c1ccc(Cl)cc1Cl. The largest absolute Gasteiger partial charge is 0.293 e. The average Bonchev–Trinajstić information content (AvgIpc) is 2.16. The van der Waals surface area contributed by atoms with Crippen molar-refractivity contribution in [2.24, 2.45) is 0 Å². The molecule has 1 atom stereocenters. The van der Waals surface area contributed by atoms with Gasteiger partial charge in [-0.3, -0.25) is 9.00 Å². The zero-order valence-electron chi connectivity index (χ0n) is 9.00. The van der Waals surface area contributed by atoms with Gasteiger partial charge in [0.05, 0.1) is 10.8 Å². The van der Waals surface area contributed by atoms with Crippen molar-refractivity contribution in [3.05, 3.63) is 33.8 Å². The Morgan fingerprint density at radius 2 is 2.00 bits per heavy atom. The second-order valence-corrected chi connectivity index (χ2v) is 6.46. The summed E-state index contributed by atoms with van der Waals surface area (Å²) >= 11 is 11.6. The third kappa shape index (κ3) is 3.58. The van der Waals surface area contributed by atoms with Crippen molar-refractivity contribution in [2.75, 3.05) is 5.75 Å². The van der Waals surface area contributed by atoms with Gasteiger partial charge in [-0.2, -0.15) is 0 Å². The van der Waals surface area contributed by atoms with E-state index in [9.17, 15) is 9.00 Å². The van der Waals surface area contributed by atoms with E-state index in [1.165, 1.54) is 6.07 Å². The number of halogens is 2. The summed E-state index contributed by atoms with van der Waals surface area (Å²) in [5, 5.41) is 0.750. The smallest absolute Gasteiger partial charge is 0.176 e. The van der Waals surface area contributed by atoms with E-state index in [4.69, 9.17) is 23.2 Å². The Bertz CT molecular complexity index is 430. The van der Waals surface area contributed by atoms with E-state index in [0.29, 0.717) is 15.6 Å². The van der Waals surface area contributed by atoms with Crippen LogP contribution in [0.5, 0.6) is 0 Å². The van der Waals surface area contributed by atoms with Crippen LogP contribution in [0.25, 0.3) is 0 Å². The summed E-state index contributed by atoms with van der Waals surface area (Å²) in [6.07, 6.45) is 0. The lowest BCUT2D eigenvalue weighted by atomic mass is 10.1.